The number of anilines is 1. The fourth-order valence-corrected chi connectivity index (χ4v) is 2.64. The predicted octanol–water partition coefficient (Wildman–Crippen LogP) is 1.91. The van der Waals surface area contributed by atoms with Crippen molar-refractivity contribution in [2.45, 2.75) is 45.9 Å². The van der Waals surface area contributed by atoms with E-state index in [0.29, 0.717) is 0 Å². The van der Waals surface area contributed by atoms with E-state index >= 15 is 0 Å². The topological polar surface area (TPSA) is 50.3 Å². The largest absolute Gasteiger partial charge is 0.370 e. The predicted molar refractivity (Wildman–Crippen MR) is 76.1 cm³/mol. The maximum absolute atomic E-state index is 5.90. The molecule has 1 aromatic heterocycles. The van der Waals surface area contributed by atoms with Gasteiger partial charge < -0.3 is 10.1 Å². The molecule has 0 saturated carbocycles. The van der Waals surface area contributed by atoms with Gasteiger partial charge in [-0.25, -0.2) is 4.98 Å². The first-order valence-corrected chi connectivity index (χ1v) is 6.93. The highest BCUT2D eigenvalue weighted by molar-refractivity contribution is 5.30. The summed E-state index contributed by atoms with van der Waals surface area (Å²) < 4.78 is 5.90. The minimum atomic E-state index is -0.0885. The summed E-state index contributed by atoms with van der Waals surface area (Å²) in [6, 6.07) is 0. The smallest absolute Gasteiger partial charge is 0.144 e. The standard InChI is InChI=1S/C14H24N4O/c1-5-15-13-7-16-12(6-17-13)9-18-8-11(2)19-14(3,4)10-18/h6-7,11H,5,8-10H2,1-4H3,(H,15,17). The van der Waals surface area contributed by atoms with Crippen LogP contribution in [0, 0.1) is 0 Å². The quantitative estimate of drug-likeness (QED) is 0.900. The average Bonchev–Trinajstić information content (AvgIpc) is 2.29. The third kappa shape index (κ3) is 4.14. The van der Waals surface area contributed by atoms with Gasteiger partial charge in [0.2, 0.25) is 0 Å². The number of rotatable bonds is 4. The second-order valence-electron chi connectivity index (χ2n) is 5.78. The highest BCUT2D eigenvalue weighted by atomic mass is 16.5. The van der Waals surface area contributed by atoms with Gasteiger partial charge in [-0.2, -0.15) is 0 Å². The van der Waals surface area contributed by atoms with Gasteiger partial charge >= 0.3 is 0 Å². The van der Waals surface area contributed by atoms with Crippen LogP contribution in [0.15, 0.2) is 12.4 Å². The Morgan fingerprint density at radius 1 is 1.42 bits per heavy atom. The third-order valence-corrected chi connectivity index (χ3v) is 3.09. The minimum Gasteiger partial charge on any atom is -0.370 e. The zero-order valence-electron chi connectivity index (χ0n) is 12.3. The Balaban J connectivity index is 1.96. The van der Waals surface area contributed by atoms with E-state index in [1.807, 2.05) is 13.1 Å². The SMILES string of the molecule is CCNc1cnc(CN2CC(C)OC(C)(C)C2)cn1. The van der Waals surface area contributed by atoms with E-state index in [4.69, 9.17) is 4.74 Å². The molecule has 0 spiro atoms. The molecule has 106 valence electrons. The summed E-state index contributed by atoms with van der Waals surface area (Å²) >= 11 is 0. The van der Waals surface area contributed by atoms with Crippen LogP contribution in [0.1, 0.15) is 33.4 Å². The molecule has 1 aliphatic rings. The van der Waals surface area contributed by atoms with Crippen LogP contribution in [-0.2, 0) is 11.3 Å². The van der Waals surface area contributed by atoms with E-state index in [1.165, 1.54) is 0 Å². The van der Waals surface area contributed by atoms with Crippen molar-refractivity contribution >= 4 is 5.82 Å². The highest BCUT2D eigenvalue weighted by Crippen LogP contribution is 2.21. The van der Waals surface area contributed by atoms with Crippen LogP contribution in [-0.4, -0.2) is 46.2 Å². The summed E-state index contributed by atoms with van der Waals surface area (Å²) in [5, 5.41) is 3.15. The Bertz CT molecular complexity index is 404. The van der Waals surface area contributed by atoms with E-state index in [0.717, 1.165) is 37.7 Å². The van der Waals surface area contributed by atoms with Gasteiger partial charge in [0.05, 0.1) is 29.8 Å². The summed E-state index contributed by atoms with van der Waals surface area (Å²) in [5.41, 5.74) is 0.918. The molecule has 0 bridgehead atoms. The van der Waals surface area contributed by atoms with Gasteiger partial charge in [-0.3, -0.25) is 9.88 Å². The number of nitrogens with one attached hydrogen (secondary N) is 1. The van der Waals surface area contributed by atoms with E-state index in [1.54, 1.807) is 6.20 Å². The van der Waals surface area contributed by atoms with Crippen molar-refractivity contribution in [1.82, 2.24) is 14.9 Å². The van der Waals surface area contributed by atoms with Crippen molar-refractivity contribution in [3.8, 4) is 0 Å². The number of hydrogen-bond donors (Lipinski definition) is 1. The molecule has 5 heteroatoms. The summed E-state index contributed by atoms with van der Waals surface area (Å²) in [7, 11) is 0. The molecule has 1 atom stereocenters. The second kappa shape index (κ2) is 5.84. The monoisotopic (exact) mass is 264 g/mol. The van der Waals surface area contributed by atoms with Gasteiger partial charge in [0, 0.05) is 26.2 Å². The van der Waals surface area contributed by atoms with Crippen LogP contribution in [0.3, 0.4) is 0 Å². The van der Waals surface area contributed by atoms with E-state index < -0.39 is 0 Å². The maximum atomic E-state index is 5.90. The van der Waals surface area contributed by atoms with E-state index in [9.17, 15) is 0 Å². The second-order valence-corrected chi connectivity index (χ2v) is 5.78. The summed E-state index contributed by atoms with van der Waals surface area (Å²) in [6.07, 6.45) is 3.91. The molecule has 1 aliphatic heterocycles. The molecule has 1 aromatic rings. The van der Waals surface area contributed by atoms with Crippen LogP contribution < -0.4 is 5.32 Å². The van der Waals surface area contributed by atoms with Crippen LogP contribution in [0.5, 0.6) is 0 Å². The molecule has 1 unspecified atom stereocenters. The Labute approximate surface area is 115 Å². The molecular formula is C14H24N4O. The van der Waals surface area contributed by atoms with E-state index in [-0.39, 0.29) is 11.7 Å². The zero-order chi connectivity index (χ0) is 13.9. The van der Waals surface area contributed by atoms with Crippen molar-refractivity contribution in [2.24, 2.45) is 0 Å². The first-order chi connectivity index (χ1) is 8.98. The van der Waals surface area contributed by atoms with Gasteiger partial charge in [0.15, 0.2) is 0 Å². The van der Waals surface area contributed by atoms with Gasteiger partial charge in [0.1, 0.15) is 5.82 Å². The number of nitrogens with zero attached hydrogens (tertiary/aromatic N) is 3. The molecule has 1 fully saturated rings. The number of hydrogen-bond acceptors (Lipinski definition) is 5. The lowest BCUT2D eigenvalue weighted by Gasteiger charge is -2.41. The Morgan fingerprint density at radius 3 is 2.79 bits per heavy atom. The molecule has 0 amide bonds. The van der Waals surface area contributed by atoms with Gasteiger partial charge in [-0.1, -0.05) is 0 Å². The van der Waals surface area contributed by atoms with Gasteiger partial charge in [0.25, 0.3) is 0 Å². The summed E-state index contributed by atoms with van der Waals surface area (Å²) in [6.45, 7) is 12.0. The highest BCUT2D eigenvalue weighted by Gasteiger charge is 2.31. The molecule has 5 nitrogen and oxygen atoms in total. The lowest BCUT2D eigenvalue weighted by atomic mass is 10.1. The van der Waals surface area contributed by atoms with Crippen molar-refractivity contribution in [3.05, 3.63) is 18.1 Å². The van der Waals surface area contributed by atoms with Gasteiger partial charge in [-0.15, -0.1) is 0 Å². The van der Waals surface area contributed by atoms with Crippen molar-refractivity contribution in [1.29, 1.82) is 0 Å². The fraction of sp³-hybridized carbons (Fsp3) is 0.714. The molecule has 1 saturated heterocycles. The normalized spacial score (nSPS) is 23.3. The lowest BCUT2D eigenvalue weighted by Crippen LogP contribution is -2.51. The molecule has 2 heterocycles. The summed E-state index contributed by atoms with van der Waals surface area (Å²) in [5.74, 6) is 0.835. The number of ether oxygens (including phenoxy) is 1. The van der Waals surface area contributed by atoms with Crippen molar-refractivity contribution < 1.29 is 4.74 Å². The van der Waals surface area contributed by atoms with Gasteiger partial charge in [-0.05, 0) is 27.7 Å². The Morgan fingerprint density at radius 2 is 2.21 bits per heavy atom. The molecule has 0 radical (unpaired) electrons. The fourth-order valence-electron chi connectivity index (χ4n) is 2.64. The lowest BCUT2D eigenvalue weighted by molar-refractivity contribution is -0.131. The van der Waals surface area contributed by atoms with Crippen LogP contribution >= 0.6 is 0 Å². The molecule has 0 aliphatic carbocycles. The first-order valence-electron chi connectivity index (χ1n) is 6.93. The van der Waals surface area contributed by atoms with Crippen molar-refractivity contribution in [3.63, 3.8) is 0 Å². The van der Waals surface area contributed by atoms with E-state index in [2.05, 4.69) is 41.0 Å². The average molecular weight is 264 g/mol. The van der Waals surface area contributed by atoms with Crippen LogP contribution in [0.25, 0.3) is 0 Å². The molecule has 19 heavy (non-hydrogen) atoms. The molecule has 2 rings (SSSR count). The maximum Gasteiger partial charge on any atom is 0.144 e. The number of aromatic nitrogens is 2. The molecular weight excluding hydrogens is 240 g/mol. The minimum absolute atomic E-state index is 0.0885. The zero-order valence-corrected chi connectivity index (χ0v) is 12.3. The Kier molecular flexibility index (Phi) is 4.37. The van der Waals surface area contributed by atoms with Crippen LogP contribution in [0.4, 0.5) is 5.82 Å². The first kappa shape index (κ1) is 14.2. The molecule has 1 N–H and O–H groups in total. The third-order valence-electron chi connectivity index (χ3n) is 3.09. The van der Waals surface area contributed by atoms with Crippen molar-refractivity contribution in [2.75, 3.05) is 25.0 Å². The number of morpholine rings is 1. The summed E-state index contributed by atoms with van der Waals surface area (Å²) in [4.78, 5) is 11.2. The van der Waals surface area contributed by atoms with Crippen LogP contribution in [0.2, 0.25) is 0 Å². The Hall–Kier alpha value is -1.20. The molecule has 0 aromatic carbocycles.